The van der Waals surface area contributed by atoms with Gasteiger partial charge in [0.2, 0.25) is 5.78 Å². The van der Waals surface area contributed by atoms with E-state index >= 15 is 0 Å². The summed E-state index contributed by atoms with van der Waals surface area (Å²) in [5, 5.41) is 3.43. The molecule has 0 saturated carbocycles. The molecule has 1 heterocycles. The van der Waals surface area contributed by atoms with E-state index < -0.39 is 11.6 Å². The van der Waals surface area contributed by atoms with Crippen LogP contribution in [0.15, 0.2) is 15.2 Å². The van der Waals surface area contributed by atoms with E-state index in [0.717, 1.165) is 0 Å². The predicted octanol–water partition coefficient (Wildman–Crippen LogP) is 2.28. The fourth-order valence-electron chi connectivity index (χ4n) is 0.633. The minimum atomic E-state index is -0.432. The van der Waals surface area contributed by atoms with Crippen LogP contribution in [0, 0.1) is 0 Å². The Morgan fingerprint density at radius 3 is 2.45 bits per heavy atom. The summed E-state index contributed by atoms with van der Waals surface area (Å²) in [6, 6.07) is 0. The Bertz CT molecular complexity index is 303. The first-order chi connectivity index (χ1) is 5.13. The van der Waals surface area contributed by atoms with Crippen LogP contribution in [0.5, 0.6) is 0 Å². The van der Waals surface area contributed by atoms with Gasteiger partial charge in [0, 0.05) is 22.2 Å². The van der Waals surface area contributed by atoms with Crippen molar-refractivity contribution < 1.29 is 9.59 Å². The van der Waals surface area contributed by atoms with Gasteiger partial charge in [0.15, 0.2) is 5.78 Å². The van der Waals surface area contributed by atoms with Crippen LogP contribution in [0.2, 0.25) is 0 Å². The molecule has 0 fully saturated rings. The Kier molecular flexibility index (Phi) is 2.57. The van der Waals surface area contributed by atoms with Crippen molar-refractivity contribution in [2.45, 2.75) is 6.92 Å². The van der Waals surface area contributed by atoms with E-state index in [1.54, 1.807) is 10.8 Å². The fraction of sp³-hybridized carbons (Fsp3) is 0.143. The molecule has 1 rings (SSSR count). The highest BCUT2D eigenvalue weighted by atomic mass is 79.9. The summed E-state index contributed by atoms with van der Waals surface area (Å²) in [5.74, 6) is -0.859. The molecule has 11 heavy (non-hydrogen) atoms. The quantitative estimate of drug-likeness (QED) is 0.580. The van der Waals surface area contributed by atoms with Crippen LogP contribution in [0.3, 0.4) is 0 Å². The van der Waals surface area contributed by atoms with Crippen LogP contribution in [0.4, 0.5) is 0 Å². The molecular formula is C7H5BrO2S. The number of thiophene rings is 1. The van der Waals surface area contributed by atoms with Gasteiger partial charge in [-0.1, -0.05) is 0 Å². The van der Waals surface area contributed by atoms with Crippen molar-refractivity contribution in [3.8, 4) is 0 Å². The Morgan fingerprint density at radius 2 is 2.09 bits per heavy atom. The minimum absolute atomic E-state index is 0.427. The summed E-state index contributed by atoms with van der Waals surface area (Å²) in [5.41, 5.74) is 0.461. The molecule has 0 unspecified atom stereocenters. The van der Waals surface area contributed by atoms with Crippen LogP contribution in [-0.2, 0) is 4.79 Å². The van der Waals surface area contributed by atoms with Gasteiger partial charge < -0.3 is 0 Å². The molecule has 1 aromatic rings. The van der Waals surface area contributed by atoms with Gasteiger partial charge in [0.1, 0.15) is 0 Å². The lowest BCUT2D eigenvalue weighted by Crippen LogP contribution is -2.08. The number of hydrogen-bond acceptors (Lipinski definition) is 3. The molecule has 0 radical (unpaired) electrons. The van der Waals surface area contributed by atoms with Crippen molar-refractivity contribution >= 4 is 38.8 Å². The van der Waals surface area contributed by atoms with E-state index in [2.05, 4.69) is 15.9 Å². The first-order valence-corrected chi connectivity index (χ1v) is 4.63. The highest BCUT2D eigenvalue weighted by molar-refractivity contribution is 9.10. The number of Topliss-reactive ketones (excluding diaryl/α,β-unsaturated/α-hetero) is 2. The van der Waals surface area contributed by atoms with E-state index in [4.69, 9.17) is 0 Å². The molecule has 0 saturated heterocycles. The standard InChI is InChI=1S/C7H5BrO2S/c1-4(9)7(10)5-2-11-3-6(5)8/h2-3H,1H3. The molecule has 0 atom stereocenters. The first kappa shape index (κ1) is 8.62. The lowest BCUT2D eigenvalue weighted by atomic mass is 10.2. The third-order valence-corrected chi connectivity index (χ3v) is 2.88. The summed E-state index contributed by atoms with van der Waals surface area (Å²) in [7, 11) is 0. The highest BCUT2D eigenvalue weighted by Gasteiger charge is 2.14. The Hall–Kier alpha value is -0.480. The number of carbonyl (C=O) groups excluding carboxylic acids is 2. The average molecular weight is 233 g/mol. The normalized spacial score (nSPS) is 9.64. The molecule has 0 spiro atoms. The van der Waals surface area contributed by atoms with Crippen molar-refractivity contribution in [1.29, 1.82) is 0 Å². The maximum Gasteiger partial charge on any atom is 0.230 e. The average Bonchev–Trinajstić information content (AvgIpc) is 2.33. The molecule has 0 N–H and O–H groups in total. The van der Waals surface area contributed by atoms with E-state index in [-0.39, 0.29) is 0 Å². The number of halogens is 1. The number of ketones is 2. The molecule has 4 heteroatoms. The molecule has 0 aliphatic heterocycles. The Labute approximate surface area is 76.4 Å². The number of rotatable bonds is 2. The lowest BCUT2D eigenvalue weighted by molar-refractivity contribution is -0.113. The largest absolute Gasteiger partial charge is 0.291 e. The van der Waals surface area contributed by atoms with Gasteiger partial charge in [-0.15, -0.1) is 0 Å². The topological polar surface area (TPSA) is 34.1 Å². The molecular weight excluding hydrogens is 228 g/mol. The molecule has 1 aromatic heterocycles. The van der Waals surface area contributed by atoms with Crippen LogP contribution in [-0.4, -0.2) is 11.6 Å². The van der Waals surface area contributed by atoms with Crippen molar-refractivity contribution in [2.24, 2.45) is 0 Å². The van der Waals surface area contributed by atoms with Crippen molar-refractivity contribution in [3.05, 3.63) is 20.8 Å². The van der Waals surface area contributed by atoms with Crippen LogP contribution in [0.25, 0.3) is 0 Å². The SMILES string of the molecule is CC(=O)C(=O)c1cscc1Br. The first-order valence-electron chi connectivity index (χ1n) is 2.90. The molecule has 0 aliphatic rings. The van der Waals surface area contributed by atoms with Gasteiger partial charge in [-0.3, -0.25) is 9.59 Å². The Balaban J connectivity index is 3.02. The van der Waals surface area contributed by atoms with Gasteiger partial charge in [-0.2, -0.15) is 11.3 Å². The van der Waals surface area contributed by atoms with Crippen molar-refractivity contribution in [3.63, 3.8) is 0 Å². The summed E-state index contributed by atoms with van der Waals surface area (Å²) in [4.78, 5) is 21.7. The van der Waals surface area contributed by atoms with Gasteiger partial charge >= 0.3 is 0 Å². The Morgan fingerprint density at radius 1 is 1.45 bits per heavy atom. The summed E-state index contributed by atoms with van der Waals surface area (Å²) >= 11 is 4.56. The molecule has 0 bridgehead atoms. The van der Waals surface area contributed by atoms with Gasteiger partial charge in [0.05, 0.1) is 5.56 Å². The highest BCUT2D eigenvalue weighted by Crippen LogP contribution is 2.21. The molecule has 58 valence electrons. The number of hydrogen-bond donors (Lipinski definition) is 0. The smallest absolute Gasteiger partial charge is 0.230 e. The van der Waals surface area contributed by atoms with E-state index in [1.807, 2.05) is 0 Å². The monoisotopic (exact) mass is 232 g/mol. The third-order valence-electron chi connectivity index (χ3n) is 1.18. The second-order valence-corrected chi connectivity index (χ2v) is 3.62. The second kappa shape index (κ2) is 3.28. The third kappa shape index (κ3) is 1.75. The van der Waals surface area contributed by atoms with E-state index in [1.165, 1.54) is 18.3 Å². The predicted molar refractivity (Wildman–Crippen MR) is 47.0 cm³/mol. The summed E-state index contributed by atoms with van der Waals surface area (Å²) in [6.45, 7) is 1.27. The van der Waals surface area contributed by atoms with E-state index in [9.17, 15) is 9.59 Å². The minimum Gasteiger partial charge on any atom is -0.291 e. The molecule has 2 nitrogen and oxygen atoms in total. The van der Waals surface area contributed by atoms with Gasteiger partial charge in [-0.25, -0.2) is 0 Å². The van der Waals surface area contributed by atoms with E-state index in [0.29, 0.717) is 10.0 Å². The number of carbonyl (C=O) groups is 2. The van der Waals surface area contributed by atoms with Crippen LogP contribution in [0.1, 0.15) is 17.3 Å². The van der Waals surface area contributed by atoms with Crippen molar-refractivity contribution in [1.82, 2.24) is 0 Å². The summed E-state index contributed by atoms with van der Waals surface area (Å²) in [6.07, 6.45) is 0. The zero-order valence-electron chi connectivity index (χ0n) is 5.76. The van der Waals surface area contributed by atoms with Gasteiger partial charge in [-0.05, 0) is 15.9 Å². The molecule has 0 aliphatic carbocycles. The lowest BCUT2D eigenvalue weighted by Gasteiger charge is -1.90. The fourth-order valence-corrected chi connectivity index (χ4v) is 2.09. The van der Waals surface area contributed by atoms with Crippen LogP contribution >= 0.6 is 27.3 Å². The molecule has 0 amide bonds. The zero-order valence-corrected chi connectivity index (χ0v) is 8.16. The summed E-state index contributed by atoms with van der Waals surface area (Å²) < 4.78 is 0.697. The maximum atomic E-state index is 11.1. The van der Waals surface area contributed by atoms with Crippen molar-refractivity contribution in [2.75, 3.05) is 0 Å². The second-order valence-electron chi connectivity index (χ2n) is 2.02. The van der Waals surface area contributed by atoms with Crippen LogP contribution < -0.4 is 0 Å². The maximum absolute atomic E-state index is 11.1. The zero-order chi connectivity index (χ0) is 8.43. The van der Waals surface area contributed by atoms with Gasteiger partial charge in [0.25, 0.3) is 0 Å². The molecule has 0 aromatic carbocycles.